The molecule has 2 aromatic carbocycles. The van der Waals surface area contributed by atoms with Crippen molar-refractivity contribution in [3.8, 4) is 0 Å². The fraction of sp³-hybridized carbons (Fsp3) is 0.318. The molecule has 0 fully saturated rings. The van der Waals surface area contributed by atoms with Crippen LogP contribution < -0.4 is 10.9 Å². The molecular formula is C22H24N4O2. The lowest BCUT2D eigenvalue weighted by molar-refractivity contribution is 0.0922. The molecule has 144 valence electrons. The second kappa shape index (κ2) is 7.94. The number of aromatic amines is 1. The molecule has 0 radical (unpaired) electrons. The molecule has 2 N–H and O–H groups in total. The Kier molecular flexibility index (Phi) is 5.21. The second-order valence-corrected chi connectivity index (χ2v) is 7.21. The number of H-pyrrole nitrogens is 1. The molecular weight excluding hydrogens is 352 g/mol. The molecule has 1 atom stereocenters. The molecule has 28 heavy (non-hydrogen) atoms. The largest absolute Gasteiger partial charge is 0.349 e. The first-order valence-electron chi connectivity index (χ1n) is 9.74. The van der Waals surface area contributed by atoms with Gasteiger partial charge in [-0.05, 0) is 30.0 Å². The molecule has 2 heterocycles. The summed E-state index contributed by atoms with van der Waals surface area (Å²) in [4.78, 5) is 27.1. The van der Waals surface area contributed by atoms with Gasteiger partial charge in [0.1, 0.15) is 0 Å². The summed E-state index contributed by atoms with van der Waals surface area (Å²) in [6, 6.07) is 15.8. The predicted molar refractivity (Wildman–Crippen MR) is 109 cm³/mol. The molecule has 1 aromatic heterocycles. The van der Waals surface area contributed by atoms with Crippen molar-refractivity contribution in [3.63, 3.8) is 0 Å². The Morgan fingerprint density at radius 3 is 2.64 bits per heavy atom. The molecule has 4 rings (SSSR count). The van der Waals surface area contributed by atoms with Crippen LogP contribution in [0.4, 0.5) is 0 Å². The molecule has 0 saturated heterocycles. The monoisotopic (exact) mass is 376 g/mol. The number of nitrogens with zero attached hydrogens (tertiary/aromatic N) is 2. The van der Waals surface area contributed by atoms with Crippen molar-refractivity contribution in [2.45, 2.75) is 32.4 Å². The minimum absolute atomic E-state index is 0.256. The number of amides is 1. The zero-order valence-electron chi connectivity index (χ0n) is 15.9. The van der Waals surface area contributed by atoms with Gasteiger partial charge < -0.3 is 5.32 Å². The van der Waals surface area contributed by atoms with E-state index in [2.05, 4.69) is 51.6 Å². The standard InChI is InChI=1S/C22H24N4O2/c1-2-17(26-12-11-15-7-3-4-8-16(15)14-26)13-23-22(28)20-18-9-5-6-10-19(18)21(27)25-24-20/h3-10,17H,2,11-14H2,1H3,(H,23,28)(H,25,27). The predicted octanol–water partition coefficient (Wildman–Crippen LogP) is 2.49. The number of carbonyl (C=O) groups is 1. The van der Waals surface area contributed by atoms with Crippen LogP contribution in [0.3, 0.4) is 0 Å². The van der Waals surface area contributed by atoms with Gasteiger partial charge in [0, 0.05) is 31.1 Å². The summed E-state index contributed by atoms with van der Waals surface area (Å²) in [7, 11) is 0. The van der Waals surface area contributed by atoms with Crippen LogP contribution in [-0.2, 0) is 13.0 Å². The van der Waals surface area contributed by atoms with Gasteiger partial charge in [-0.15, -0.1) is 0 Å². The zero-order chi connectivity index (χ0) is 19.5. The van der Waals surface area contributed by atoms with Gasteiger partial charge >= 0.3 is 0 Å². The minimum atomic E-state index is -0.287. The van der Waals surface area contributed by atoms with E-state index in [1.807, 2.05) is 0 Å². The van der Waals surface area contributed by atoms with Crippen LogP contribution in [0.15, 0.2) is 53.3 Å². The molecule has 0 bridgehead atoms. The summed E-state index contributed by atoms with van der Waals surface area (Å²) >= 11 is 0. The fourth-order valence-electron chi connectivity index (χ4n) is 3.94. The van der Waals surface area contributed by atoms with E-state index >= 15 is 0 Å². The zero-order valence-corrected chi connectivity index (χ0v) is 15.9. The normalized spacial score (nSPS) is 15.2. The first kappa shape index (κ1) is 18.4. The summed E-state index contributed by atoms with van der Waals surface area (Å²) in [6.45, 7) is 4.59. The summed E-state index contributed by atoms with van der Waals surface area (Å²) in [5, 5.41) is 10.5. The summed E-state index contributed by atoms with van der Waals surface area (Å²) < 4.78 is 0. The highest BCUT2D eigenvalue weighted by Crippen LogP contribution is 2.21. The number of hydrogen-bond donors (Lipinski definition) is 2. The maximum Gasteiger partial charge on any atom is 0.272 e. The van der Waals surface area contributed by atoms with Gasteiger partial charge in [-0.2, -0.15) is 5.10 Å². The van der Waals surface area contributed by atoms with Crippen molar-refractivity contribution in [2.75, 3.05) is 13.1 Å². The first-order valence-corrected chi connectivity index (χ1v) is 9.74. The third-order valence-electron chi connectivity index (χ3n) is 5.56. The van der Waals surface area contributed by atoms with E-state index in [-0.39, 0.29) is 23.2 Å². The van der Waals surface area contributed by atoms with E-state index in [9.17, 15) is 9.59 Å². The highest BCUT2D eigenvalue weighted by atomic mass is 16.2. The molecule has 0 aliphatic carbocycles. The minimum Gasteiger partial charge on any atom is -0.349 e. The number of aromatic nitrogens is 2. The summed E-state index contributed by atoms with van der Waals surface area (Å²) in [5.41, 5.74) is 2.76. The number of fused-ring (bicyclic) bond motifs is 2. The van der Waals surface area contributed by atoms with Crippen molar-refractivity contribution < 1.29 is 4.79 Å². The Hall–Kier alpha value is -2.99. The molecule has 1 aliphatic heterocycles. The summed E-state index contributed by atoms with van der Waals surface area (Å²) in [5.74, 6) is -0.261. The lowest BCUT2D eigenvalue weighted by atomic mass is 9.98. The lowest BCUT2D eigenvalue weighted by Gasteiger charge is -2.35. The number of rotatable bonds is 5. The van der Waals surface area contributed by atoms with Gasteiger partial charge in [0.2, 0.25) is 0 Å². The Bertz CT molecular complexity index is 1060. The van der Waals surface area contributed by atoms with E-state index in [0.717, 1.165) is 25.9 Å². The molecule has 1 aliphatic rings. The van der Waals surface area contributed by atoms with Crippen molar-refractivity contribution in [1.29, 1.82) is 0 Å². The van der Waals surface area contributed by atoms with E-state index in [1.165, 1.54) is 11.1 Å². The van der Waals surface area contributed by atoms with Gasteiger partial charge in [0.25, 0.3) is 11.5 Å². The van der Waals surface area contributed by atoms with Crippen LogP contribution in [-0.4, -0.2) is 40.1 Å². The highest BCUT2D eigenvalue weighted by molar-refractivity contribution is 6.04. The number of benzene rings is 2. The number of carbonyl (C=O) groups excluding carboxylic acids is 1. The van der Waals surface area contributed by atoms with Crippen LogP contribution in [0.2, 0.25) is 0 Å². The highest BCUT2D eigenvalue weighted by Gasteiger charge is 2.23. The molecule has 0 saturated carbocycles. The van der Waals surface area contributed by atoms with Gasteiger partial charge in [0.15, 0.2) is 5.69 Å². The second-order valence-electron chi connectivity index (χ2n) is 7.21. The van der Waals surface area contributed by atoms with Crippen molar-refractivity contribution >= 4 is 16.7 Å². The maximum absolute atomic E-state index is 12.8. The molecule has 6 nitrogen and oxygen atoms in total. The Morgan fingerprint density at radius 2 is 1.86 bits per heavy atom. The quantitative estimate of drug-likeness (QED) is 0.717. The average Bonchev–Trinajstić information content (AvgIpc) is 2.74. The van der Waals surface area contributed by atoms with Crippen molar-refractivity contribution in [1.82, 2.24) is 20.4 Å². The van der Waals surface area contributed by atoms with Gasteiger partial charge in [0.05, 0.1) is 5.39 Å². The van der Waals surface area contributed by atoms with E-state index in [4.69, 9.17) is 0 Å². The van der Waals surface area contributed by atoms with E-state index < -0.39 is 0 Å². The van der Waals surface area contributed by atoms with Crippen LogP contribution in [0.25, 0.3) is 10.8 Å². The number of hydrogen-bond acceptors (Lipinski definition) is 4. The van der Waals surface area contributed by atoms with Crippen molar-refractivity contribution in [2.24, 2.45) is 0 Å². The van der Waals surface area contributed by atoms with E-state index in [1.54, 1.807) is 24.3 Å². The van der Waals surface area contributed by atoms with Gasteiger partial charge in [-0.25, -0.2) is 5.10 Å². The molecule has 0 spiro atoms. The third kappa shape index (κ3) is 3.55. The van der Waals surface area contributed by atoms with Crippen LogP contribution >= 0.6 is 0 Å². The smallest absolute Gasteiger partial charge is 0.272 e. The van der Waals surface area contributed by atoms with Crippen LogP contribution in [0, 0.1) is 0 Å². The first-order chi connectivity index (χ1) is 13.7. The fourth-order valence-corrected chi connectivity index (χ4v) is 3.94. The Balaban J connectivity index is 1.47. The Labute approximate surface area is 163 Å². The lowest BCUT2D eigenvalue weighted by Crippen LogP contribution is -2.45. The molecule has 1 amide bonds. The third-order valence-corrected chi connectivity index (χ3v) is 5.56. The molecule has 6 heteroatoms. The molecule has 3 aromatic rings. The van der Waals surface area contributed by atoms with E-state index in [0.29, 0.717) is 17.3 Å². The maximum atomic E-state index is 12.8. The SMILES string of the molecule is CCC(CNC(=O)c1n[nH]c(=O)c2ccccc12)N1CCc2ccccc2C1. The Morgan fingerprint density at radius 1 is 1.14 bits per heavy atom. The number of nitrogens with one attached hydrogen (secondary N) is 2. The average molecular weight is 376 g/mol. The van der Waals surface area contributed by atoms with Crippen LogP contribution in [0.5, 0.6) is 0 Å². The van der Waals surface area contributed by atoms with Gasteiger partial charge in [-0.1, -0.05) is 49.4 Å². The summed E-state index contributed by atoms with van der Waals surface area (Å²) in [6.07, 6.45) is 1.98. The molecule has 1 unspecified atom stereocenters. The topological polar surface area (TPSA) is 78.1 Å². The van der Waals surface area contributed by atoms with Crippen molar-refractivity contribution in [3.05, 3.63) is 75.7 Å². The van der Waals surface area contributed by atoms with Crippen LogP contribution in [0.1, 0.15) is 35.0 Å². The van der Waals surface area contributed by atoms with Gasteiger partial charge in [-0.3, -0.25) is 14.5 Å².